The van der Waals surface area contributed by atoms with Crippen LogP contribution in [-0.2, 0) is 11.2 Å². The Hall–Kier alpha value is -1.35. The summed E-state index contributed by atoms with van der Waals surface area (Å²) in [7, 11) is 0. The monoisotopic (exact) mass is 301 g/mol. The fourth-order valence-corrected chi connectivity index (χ4v) is 3.97. The van der Waals surface area contributed by atoms with Gasteiger partial charge in [0.1, 0.15) is 0 Å². The van der Waals surface area contributed by atoms with Crippen molar-refractivity contribution in [2.24, 2.45) is 5.92 Å². The number of aryl methyl sites for hydroxylation is 1. The zero-order valence-electron chi connectivity index (χ0n) is 13.6. The van der Waals surface area contributed by atoms with Crippen LogP contribution in [0.4, 0.5) is 0 Å². The van der Waals surface area contributed by atoms with Crippen molar-refractivity contribution in [3.63, 3.8) is 0 Å². The summed E-state index contributed by atoms with van der Waals surface area (Å²) in [5.74, 6) is 0.733. The van der Waals surface area contributed by atoms with Gasteiger partial charge in [-0.3, -0.25) is 4.79 Å². The first-order chi connectivity index (χ1) is 10.8. The molecule has 2 fully saturated rings. The molecule has 1 aromatic carbocycles. The number of nitrogens with one attached hydrogen (secondary N) is 1. The maximum atomic E-state index is 12.6. The van der Waals surface area contributed by atoms with E-state index in [1.54, 1.807) is 4.90 Å². The second-order valence-electron chi connectivity index (χ2n) is 6.91. The van der Waals surface area contributed by atoms with Gasteiger partial charge >= 0.3 is 0 Å². The number of carbonyl (C=O) groups is 1. The summed E-state index contributed by atoms with van der Waals surface area (Å²) in [6, 6.07) is 10.7. The second-order valence-corrected chi connectivity index (χ2v) is 6.91. The molecule has 1 N–H and O–H groups in total. The van der Waals surface area contributed by atoms with Crippen LogP contribution in [0, 0.1) is 5.92 Å². The molecule has 0 aromatic heterocycles. The molecule has 1 amide bonds. The Morgan fingerprint density at radius 2 is 1.91 bits per heavy atom. The van der Waals surface area contributed by atoms with Gasteiger partial charge in [-0.1, -0.05) is 30.3 Å². The standard InChI is InChI=1S/C19H28N2O/c22-19(21-14-4-5-15-21)18-11-7-13-20(16-18)12-6-10-17-8-2-1-3-9-17/h1-3,8-9,18H,4-7,10-16H2/p+1. The fourth-order valence-electron chi connectivity index (χ4n) is 3.97. The first kappa shape index (κ1) is 15.5. The van der Waals surface area contributed by atoms with Crippen LogP contribution in [0.3, 0.4) is 0 Å². The molecule has 0 aliphatic carbocycles. The predicted molar refractivity (Wildman–Crippen MR) is 88.9 cm³/mol. The van der Waals surface area contributed by atoms with Gasteiger partial charge in [-0.05, 0) is 37.7 Å². The Balaban J connectivity index is 1.43. The molecule has 0 radical (unpaired) electrons. The highest BCUT2D eigenvalue weighted by Gasteiger charge is 2.32. The zero-order valence-corrected chi connectivity index (χ0v) is 13.6. The maximum absolute atomic E-state index is 12.6. The highest BCUT2D eigenvalue weighted by Crippen LogP contribution is 2.16. The van der Waals surface area contributed by atoms with Gasteiger partial charge in [0.15, 0.2) is 0 Å². The van der Waals surface area contributed by atoms with Crippen molar-refractivity contribution in [2.75, 3.05) is 32.7 Å². The lowest BCUT2D eigenvalue weighted by molar-refractivity contribution is -0.907. The third-order valence-corrected chi connectivity index (χ3v) is 5.22. The summed E-state index contributed by atoms with van der Waals surface area (Å²) in [5.41, 5.74) is 1.43. The van der Waals surface area contributed by atoms with Gasteiger partial charge in [-0.25, -0.2) is 0 Å². The number of nitrogens with zero attached hydrogens (tertiary/aromatic N) is 1. The SMILES string of the molecule is O=C(C1CCC[NH+](CCCc2ccccc2)C1)N1CCCC1. The van der Waals surface area contributed by atoms with Crippen molar-refractivity contribution in [3.8, 4) is 0 Å². The fraction of sp³-hybridized carbons (Fsp3) is 0.632. The predicted octanol–water partition coefficient (Wildman–Crippen LogP) is 1.54. The molecule has 0 saturated carbocycles. The van der Waals surface area contributed by atoms with E-state index < -0.39 is 0 Å². The van der Waals surface area contributed by atoms with Gasteiger partial charge in [0.05, 0.1) is 25.6 Å². The number of likely N-dealkylation sites (tertiary alicyclic amines) is 2. The summed E-state index contributed by atoms with van der Waals surface area (Å²) in [6.07, 6.45) is 7.11. The Morgan fingerprint density at radius 3 is 2.68 bits per heavy atom. The highest BCUT2D eigenvalue weighted by atomic mass is 16.2. The van der Waals surface area contributed by atoms with Crippen LogP contribution < -0.4 is 4.90 Å². The van der Waals surface area contributed by atoms with E-state index in [4.69, 9.17) is 0 Å². The Labute approximate surface area is 134 Å². The quantitative estimate of drug-likeness (QED) is 0.877. The molecule has 3 heteroatoms. The van der Waals surface area contributed by atoms with E-state index in [1.165, 1.54) is 44.3 Å². The first-order valence-corrected chi connectivity index (χ1v) is 8.99. The van der Waals surface area contributed by atoms with Crippen molar-refractivity contribution < 1.29 is 9.69 Å². The number of quaternary nitrogens is 1. The minimum Gasteiger partial charge on any atom is -0.342 e. The summed E-state index contributed by atoms with van der Waals surface area (Å²) < 4.78 is 0. The van der Waals surface area contributed by atoms with Crippen molar-refractivity contribution in [1.29, 1.82) is 0 Å². The largest absolute Gasteiger partial charge is 0.342 e. The van der Waals surface area contributed by atoms with Crippen LogP contribution >= 0.6 is 0 Å². The summed E-state index contributed by atoms with van der Waals surface area (Å²) in [6.45, 7) is 5.51. The van der Waals surface area contributed by atoms with Crippen molar-refractivity contribution in [2.45, 2.75) is 38.5 Å². The molecule has 1 aromatic rings. The van der Waals surface area contributed by atoms with Crippen LogP contribution in [-0.4, -0.2) is 43.5 Å². The van der Waals surface area contributed by atoms with Crippen LogP contribution in [0.5, 0.6) is 0 Å². The Bertz CT molecular complexity index is 468. The smallest absolute Gasteiger partial charge is 0.231 e. The Kier molecular flexibility index (Phi) is 5.49. The molecule has 0 spiro atoms. The van der Waals surface area contributed by atoms with Crippen molar-refractivity contribution in [1.82, 2.24) is 4.90 Å². The van der Waals surface area contributed by atoms with Crippen molar-refractivity contribution >= 4 is 5.91 Å². The molecule has 22 heavy (non-hydrogen) atoms. The normalized spacial score (nSPS) is 25.4. The van der Waals surface area contributed by atoms with E-state index in [0.717, 1.165) is 32.5 Å². The van der Waals surface area contributed by atoms with E-state index in [2.05, 4.69) is 35.2 Å². The molecule has 3 nitrogen and oxygen atoms in total. The highest BCUT2D eigenvalue weighted by molar-refractivity contribution is 5.79. The van der Waals surface area contributed by atoms with Gasteiger partial charge < -0.3 is 9.80 Å². The lowest BCUT2D eigenvalue weighted by Gasteiger charge is -2.31. The molecule has 2 aliphatic rings. The van der Waals surface area contributed by atoms with Gasteiger partial charge in [0.2, 0.25) is 5.91 Å². The minimum atomic E-state index is 0.290. The molecular formula is C19H29N2O+. The van der Waals surface area contributed by atoms with Crippen molar-refractivity contribution in [3.05, 3.63) is 35.9 Å². The third kappa shape index (κ3) is 4.10. The van der Waals surface area contributed by atoms with Gasteiger partial charge in [0, 0.05) is 19.5 Å². The lowest BCUT2D eigenvalue weighted by Crippen LogP contribution is -3.13. The van der Waals surface area contributed by atoms with Gasteiger partial charge in [-0.15, -0.1) is 0 Å². The molecule has 3 rings (SSSR count). The van der Waals surface area contributed by atoms with Crippen LogP contribution in [0.2, 0.25) is 0 Å². The molecule has 120 valence electrons. The number of amides is 1. The van der Waals surface area contributed by atoms with E-state index in [-0.39, 0.29) is 0 Å². The van der Waals surface area contributed by atoms with E-state index in [9.17, 15) is 4.79 Å². The van der Waals surface area contributed by atoms with Gasteiger partial charge in [0.25, 0.3) is 0 Å². The van der Waals surface area contributed by atoms with E-state index in [1.807, 2.05) is 0 Å². The number of carbonyl (C=O) groups excluding carboxylic acids is 1. The average molecular weight is 301 g/mol. The topological polar surface area (TPSA) is 24.8 Å². The van der Waals surface area contributed by atoms with E-state index >= 15 is 0 Å². The minimum absolute atomic E-state index is 0.290. The summed E-state index contributed by atoms with van der Waals surface area (Å²) in [4.78, 5) is 16.3. The first-order valence-electron chi connectivity index (χ1n) is 8.99. The summed E-state index contributed by atoms with van der Waals surface area (Å²) >= 11 is 0. The van der Waals surface area contributed by atoms with E-state index in [0.29, 0.717) is 11.8 Å². The van der Waals surface area contributed by atoms with Crippen LogP contribution in [0.15, 0.2) is 30.3 Å². The number of hydrogen-bond donors (Lipinski definition) is 1. The third-order valence-electron chi connectivity index (χ3n) is 5.22. The number of rotatable bonds is 5. The molecule has 2 unspecified atom stereocenters. The summed E-state index contributed by atoms with van der Waals surface area (Å²) in [5, 5.41) is 0. The molecule has 2 aliphatic heterocycles. The Morgan fingerprint density at radius 1 is 1.14 bits per heavy atom. The average Bonchev–Trinajstić information content (AvgIpc) is 3.10. The van der Waals surface area contributed by atoms with Crippen LogP contribution in [0.1, 0.15) is 37.7 Å². The molecule has 2 heterocycles. The number of piperidine rings is 1. The molecule has 2 saturated heterocycles. The molecule has 0 bridgehead atoms. The second kappa shape index (κ2) is 7.77. The lowest BCUT2D eigenvalue weighted by atomic mass is 9.96. The molecule has 2 atom stereocenters. The van der Waals surface area contributed by atoms with Crippen LogP contribution in [0.25, 0.3) is 0 Å². The zero-order chi connectivity index (χ0) is 15.2. The number of benzene rings is 1. The maximum Gasteiger partial charge on any atom is 0.231 e. The number of hydrogen-bond acceptors (Lipinski definition) is 1. The van der Waals surface area contributed by atoms with Gasteiger partial charge in [-0.2, -0.15) is 0 Å². The molecular weight excluding hydrogens is 272 g/mol.